The molecule has 2 heterocycles. The molecule has 0 aliphatic carbocycles. The Morgan fingerprint density at radius 2 is 1.81 bits per heavy atom. The van der Waals surface area contributed by atoms with Crippen LogP contribution in [-0.4, -0.2) is 59.7 Å². The lowest BCUT2D eigenvalue weighted by atomic mass is 10.0. The standard InChI is InChI=1S/C16H22N4O4S2/c1-3-16(4-2)13-19(10-11-25(16,21)22)26(23,24)15-12-17-18-20(15)14-8-6-5-7-9-14/h5-9,12H,3-4,10-11,13H2,1-2H3. The number of aromatic nitrogens is 3. The third-order valence-corrected chi connectivity index (χ3v) is 9.69. The highest BCUT2D eigenvalue weighted by Crippen LogP contribution is 2.34. The van der Waals surface area contributed by atoms with Crippen molar-refractivity contribution in [1.29, 1.82) is 0 Å². The number of nitrogens with zero attached hydrogens (tertiary/aromatic N) is 4. The number of rotatable bonds is 5. The molecule has 0 bridgehead atoms. The zero-order chi connectivity index (χ0) is 19.0. The number of para-hydroxylation sites is 1. The molecule has 0 radical (unpaired) electrons. The Labute approximate surface area is 153 Å². The minimum Gasteiger partial charge on any atom is -0.228 e. The molecular formula is C16H22N4O4S2. The van der Waals surface area contributed by atoms with E-state index >= 15 is 0 Å². The summed E-state index contributed by atoms with van der Waals surface area (Å²) < 4.78 is 53.0. The van der Waals surface area contributed by atoms with Crippen LogP contribution in [0.5, 0.6) is 0 Å². The van der Waals surface area contributed by atoms with Crippen molar-refractivity contribution in [2.75, 3.05) is 18.8 Å². The Bertz CT molecular complexity index is 980. The van der Waals surface area contributed by atoms with Crippen molar-refractivity contribution >= 4 is 19.9 Å². The molecule has 1 aromatic carbocycles. The van der Waals surface area contributed by atoms with Gasteiger partial charge >= 0.3 is 0 Å². The van der Waals surface area contributed by atoms with Gasteiger partial charge in [-0.2, -0.15) is 4.31 Å². The number of sulfone groups is 1. The van der Waals surface area contributed by atoms with Gasteiger partial charge in [0.25, 0.3) is 10.0 Å². The lowest BCUT2D eigenvalue weighted by Gasteiger charge is -2.40. The number of sulfonamides is 1. The van der Waals surface area contributed by atoms with E-state index in [0.29, 0.717) is 18.5 Å². The maximum absolute atomic E-state index is 13.2. The SMILES string of the molecule is CCC1(CC)CN(S(=O)(=O)c2cnnn2-c2ccccc2)CCS1(=O)=O. The van der Waals surface area contributed by atoms with Crippen LogP contribution in [-0.2, 0) is 19.9 Å². The Morgan fingerprint density at radius 3 is 2.42 bits per heavy atom. The topological polar surface area (TPSA) is 102 Å². The van der Waals surface area contributed by atoms with Gasteiger partial charge in [-0.15, -0.1) is 5.10 Å². The molecule has 1 fully saturated rings. The molecule has 1 aliphatic rings. The van der Waals surface area contributed by atoms with Crippen molar-refractivity contribution in [3.63, 3.8) is 0 Å². The van der Waals surface area contributed by atoms with E-state index < -0.39 is 24.6 Å². The van der Waals surface area contributed by atoms with E-state index in [1.165, 1.54) is 15.2 Å². The highest BCUT2D eigenvalue weighted by atomic mass is 32.2. The molecular weight excluding hydrogens is 376 g/mol. The number of hydrogen-bond acceptors (Lipinski definition) is 6. The summed E-state index contributed by atoms with van der Waals surface area (Å²) >= 11 is 0. The Balaban J connectivity index is 2.02. The summed E-state index contributed by atoms with van der Waals surface area (Å²) in [4.78, 5) is 0. The van der Waals surface area contributed by atoms with Crippen LogP contribution >= 0.6 is 0 Å². The van der Waals surface area contributed by atoms with E-state index in [1.807, 2.05) is 6.07 Å². The Kier molecular flexibility index (Phi) is 4.93. The van der Waals surface area contributed by atoms with Crippen LogP contribution in [0.1, 0.15) is 26.7 Å². The van der Waals surface area contributed by atoms with Gasteiger partial charge in [0.2, 0.25) is 0 Å². The molecule has 3 rings (SSSR count). The van der Waals surface area contributed by atoms with Gasteiger partial charge in [0, 0.05) is 13.1 Å². The molecule has 1 aromatic heterocycles. The monoisotopic (exact) mass is 398 g/mol. The van der Waals surface area contributed by atoms with Crippen LogP contribution in [0.2, 0.25) is 0 Å². The van der Waals surface area contributed by atoms with Crippen molar-refractivity contribution in [3.8, 4) is 5.69 Å². The molecule has 0 spiro atoms. The molecule has 142 valence electrons. The summed E-state index contributed by atoms with van der Waals surface area (Å²) in [6.45, 7) is 3.46. The predicted octanol–water partition coefficient (Wildman–Crippen LogP) is 1.25. The van der Waals surface area contributed by atoms with Crippen LogP contribution in [0, 0.1) is 0 Å². The quantitative estimate of drug-likeness (QED) is 0.751. The highest BCUT2D eigenvalue weighted by Gasteiger charge is 2.48. The zero-order valence-electron chi connectivity index (χ0n) is 14.7. The lowest BCUT2D eigenvalue weighted by molar-refractivity contribution is 0.328. The highest BCUT2D eigenvalue weighted by molar-refractivity contribution is 7.93. The summed E-state index contributed by atoms with van der Waals surface area (Å²) in [5, 5.41) is 7.58. The fourth-order valence-electron chi connectivity index (χ4n) is 3.34. The van der Waals surface area contributed by atoms with E-state index in [0.717, 1.165) is 0 Å². The van der Waals surface area contributed by atoms with Crippen LogP contribution < -0.4 is 0 Å². The van der Waals surface area contributed by atoms with Crippen molar-refractivity contribution in [2.24, 2.45) is 0 Å². The van der Waals surface area contributed by atoms with Crippen molar-refractivity contribution in [3.05, 3.63) is 36.5 Å². The maximum Gasteiger partial charge on any atom is 0.262 e. The van der Waals surface area contributed by atoms with E-state index in [1.54, 1.807) is 38.1 Å². The molecule has 0 atom stereocenters. The summed E-state index contributed by atoms with van der Waals surface area (Å²) in [6.07, 6.45) is 1.94. The van der Waals surface area contributed by atoms with Gasteiger partial charge in [0.15, 0.2) is 14.9 Å². The largest absolute Gasteiger partial charge is 0.262 e. The normalized spacial score (nSPS) is 20.1. The number of benzene rings is 1. The molecule has 0 amide bonds. The van der Waals surface area contributed by atoms with Crippen LogP contribution in [0.15, 0.2) is 41.6 Å². The molecule has 8 nitrogen and oxygen atoms in total. The number of hydrogen-bond donors (Lipinski definition) is 0. The summed E-state index contributed by atoms with van der Waals surface area (Å²) in [5.74, 6) is -0.180. The molecule has 26 heavy (non-hydrogen) atoms. The summed E-state index contributed by atoms with van der Waals surface area (Å²) in [5.41, 5.74) is 0.574. The third kappa shape index (κ3) is 2.95. The fourth-order valence-corrected chi connectivity index (χ4v) is 7.22. The molecule has 1 aliphatic heterocycles. The van der Waals surface area contributed by atoms with Crippen molar-refractivity contribution < 1.29 is 16.8 Å². The fraction of sp³-hybridized carbons (Fsp3) is 0.500. The van der Waals surface area contributed by atoms with Gasteiger partial charge in [-0.1, -0.05) is 37.3 Å². The minimum absolute atomic E-state index is 0.0510. The van der Waals surface area contributed by atoms with Crippen LogP contribution in [0.4, 0.5) is 0 Å². The van der Waals surface area contributed by atoms with Gasteiger partial charge in [-0.05, 0) is 25.0 Å². The van der Waals surface area contributed by atoms with Gasteiger partial charge in [-0.3, -0.25) is 0 Å². The first-order valence-corrected chi connectivity index (χ1v) is 11.6. The van der Waals surface area contributed by atoms with Gasteiger partial charge < -0.3 is 0 Å². The Morgan fingerprint density at radius 1 is 1.15 bits per heavy atom. The molecule has 0 saturated carbocycles. The minimum atomic E-state index is -3.93. The van der Waals surface area contributed by atoms with Crippen LogP contribution in [0.3, 0.4) is 0 Å². The molecule has 0 N–H and O–H groups in total. The summed E-state index contributed by atoms with van der Waals surface area (Å²) in [7, 11) is -7.29. The predicted molar refractivity (Wildman–Crippen MR) is 97.2 cm³/mol. The maximum atomic E-state index is 13.2. The van der Waals surface area contributed by atoms with E-state index in [4.69, 9.17) is 0 Å². The second kappa shape index (κ2) is 6.75. The van der Waals surface area contributed by atoms with Crippen molar-refractivity contribution in [2.45, 2.75) is 36.5 Å². The molecule has 2 aromatic rings. The molecule has 10 heteroatoms. The lowest BCUT2D eigenvalue weighted by Crippen LogP contribution is -2.57. The van der Waals surface area contributed by atoms with Crippen LogP contribution in [0.25, 0.3) is 5.69 Å². The third-order valence-electron chi connectivity index (χ3n) is 5.15. The van der Waals surface area contributed by atoms with Crippen molar-refractivity contribution in [1.82, 2.24) is 19.3 Å². The molecule has 1 saturated heterocycles. The molecule has 0 unspecified atom stereocenters. The second-order valence-electron chi connectivity index (χ2n) is 6.37. The van der Waals surface area contributed by atoms with Gasteiger partial charge in [0.05, 0.1) is 22.4 Å². The zero-order valence-corrected chi connectivity index (χ0v) is 16.4. The average molecular weight is 399 g/mol. The first kappa shape index (κ1) is 19.0. The Hall–Kier alpha value is -1.78. The smallest absolute Gasteiger partial charge is 0.228 e. The second-order valence-corrected chi connectivity index (χ2v) is 10.8. The first-order chi connectivity index (χ1) is 12.3. The first-order valence-electron chi connectivity index (χ1n) is 8.46. The van der Waals surface area contributed by atoms with Gasteiger partial charge in [-0.25, -0.2) is 21.5 Å². The van der Waals surface area contributed by atoms with E-state index in [-0.39, 0.29) is 23.9 Å². The van der Waals surface area contributed by atoms with E-state index in [9.17, 15) is 16.8 Å². The van der Waals surface area contributed by atoms with Gasteiger partial charge in [0.1, 0.15) is 0 Å². The summed E-state index contributed by atoms with van der Waals surface area (Å²) in [6, 6.07) is 8.84. The average Bonchev–Trinajstić information content (AvgIpc) is 3.13. The van der Waals surface area contributed by atoms with E-state index in [2.05, 4.69) is 10.3 Å².